The van der Waals surface area contributed by atoms with Crippen LogP contribution in [0.5, 0.6) is 0 Å². The van der Waals surface area contributed by atoms with Crippen molar-refractivity contribution in [3.05, 3.63) is 41.2 Å². The van der Waals surface area contributed by atoms with Gasteiger partial charge in [0.25, 0.3) is 5.91 Å². The van der Waals surface area contributed by atoms with E-state index in [1.165, 1.54) is 43.1 Å². The third-order valence-corrected chi connectivity index (χ3v) is 5.53. The maximum atomic E-state index is 13.9. The van der Waals surface area contributed by atoms with Crippen LogP contribution in [0.2, 0.25) is 0 Å². The number of aromatic nitrogens is 1. The number of hydrogen-bond donors (Lipinski definition) is 0. The summed E-state index contributed by atoms with van der Waals surface area (Å²) in [5, 5.41) is 0.556. The molecule has 0 saturated heterocycles. The van der Waals surface area contributed by atoms with E-state index in [0.717, 1.165) is 12.8 Å². The van der Waals surface area contributed by atoms with E-state index in [0.29, 0.717) is 21.5 Å². The normalized spacial score (nSPS) is 16.1. The summed E-state index contributed by atoms with van der Waals surface area (Å²) in [6, 6.07) is 6.84. The van der Waals surface area contributed by atoms with Crippen molar-refractivity contribution >= 4 is 17.2 Å². The highest BCUT2D eigenvalue weighted by Gasteiger charge is 2.24. The zero-order valence-corrected chi connectivity index (χ0v) is 14.1. The van der Waals surface area contributed by atoms with Crippen LogP contribution in [0.15, 0.2) is 30.5 Å². The Kier molecular flexibility index (Phi) is 5.06. The molecule has 1 saturated carbocycles. The quantitative estimate of drug-likeness (QED) is 0.760. The third kappa shape index (κ3) is 3.61. The molecule has 5 heteroatoms. The van der Waals surface area contributed by atoms with Crippen molar-refractivity contribution in [2.45, 2.75) is 44.6 Å². The third-order valence-electron chi connectivity index (χ3n) is 4.51. The molecule has 0 radical (unpaired) electrons. The molecule has 1 aliphatic rings. The van der Waals surface area contributed by atoms with Crippen molar-refractivity contribution in [2.75, 3.05) is 7.05 Å². The standard InChI is InChI=1S/C18H21FN2OS/c1-21(13-8-4-2-3-5-9-13)18(22)16-12-20-17(23-16)14-10-6-7-11-15(14)19/h6-7,10-13H,2-5,8-9H2,1H3. The van der Waals surface area contributed by atoms with E-state index >= 15 is 0 Å². The van der Waals surface area contributed by atoms with Crippen molar-refractivity contribution in [1.29, 1.82) is 0 Å². The van der Waals surface area contributed by atoms with Crippen molar-refractivity contribution in [2.24, 2.45) is 0 Å². The zero-order valence-electron chi connectivity index (χ0n) is 13.3. The molecule has 122 valence electrons. The fourth-order valence-corrected chi connectivity index (χ4v) is 4.04. The van der Waals surface area contributed by atoms with Gasteiger partial charge < -0.3 is 4.90 Å². The summed E-state index contributed by atoms with van der Waals surface area (Å²) in [7, 11) is 1.88. The van der Waals surface area contributed by atoms with Gasteiger partial charge in [0.15, 0.2) is 0 Å². The second kappa shape index (κ2) is 7.21. The summed E-state index contributed by atoms with van der Waals surface area (Å²) < 4.78 is 13.9. The fraction of sp³-hybridized carbons (Fsp3) is 0.444. The summed E-state index contributed by atoms with van der Waals surface area (Å²) in [6.45, 7) is 0. The summed E-state index contributed by atoms with van der Waals surface area (Å²) in [5.41, 5.74) is 0.452. The van der Waals surface area contributed by atoms with Crippen molar-refractivity contribution in [3.63, 3.8) is 0 Å². The molecule has 0 N–H and O–H groups in total. The van der Waals surface area contributed by atoms with Gasteiger partial charge in [-0.3, -0.25) is 4.79 Å². The first kappa shape index (κ1) is 16.1. The molecular formula is C18H21FN2OS. The molecule has 0 aliphatic heterocycles. The Morgan fingerprint density at radius 2 is 1.91 bits per heavy atom. The van der Waals surface area contributed by atoms with Crippen LogP contribution in [0.25, 0.3) is 10.6 Å². The van der Waals surface area contributed by atoms with Crippen molar-refractivity contribution in [3.8, 4) is 10.6 Å². The van der Waals surface area contributed by atoms with Gasteiger partial charge in [0, 0.05) is 18.7 Å². The van der Waals surface area contributed by atoms with Crippen LogP contribution >= 0.6 is 11.3 Å². The highest BCUT2D eigenvalue weighted by atomic mass is 32.1. The maximum Gasteiger partial charge on any atom is 0.265 e. The Balaban J connectivity index is 1.77. The molecule has 3 nitrogen and oxygen atoms in total. The number of hydrogen-bond acceptors (Lipinski definition) is 3. The molecule has 1 fully saturated rings. The van der Waals surface area contributed by atoms with Crippen LogP contribution in [-0.2, 0) is 0 Å². The molecule has 2 aromatic rings. The van der Waals surface area contributed by atoms with Gasteiger partial charge in [0.05, 0.1) is 6.20 Å². The van der Waals surface area contributed by atoms with Crippen LogP contribution in [0, 0.1) is 5.82 Å². The van der Waals surface area contributed by atoms with E-state index in [9.17, 15) is 9.18 Å². The first-order chi connectivity index (χ1) is 11.2. The molecule has 1 aromatic carbocycles. The lowest BCUT2D eigenvalue weighted by atomic mass is 10.1. The summed E-state index contributed by atoms with van der Waals surface area (Å²) in [4.78, 5) is 19.4. The molecule has 0 spiro atoms. The van der Waals surface area contributed by atoms with Crippen molar-refractivity contribution in [1.82, 2.24) is 9.88 Å². The summed E-state index contributed by atoms with van der Waals surface area (Å²) >= 11 is 1.26. The van der Waals surface area contributed by atoms with Crippen LogP contribution < -0.4 is 0 Å². The number of nitrogens with zero attached hydrogens (tertiary/aromatic N) is 2. The predicted molar refractivity (Wildman–Crippen MR) is 91.1 cm³/mol. The van der Waals surface area contributed by atoms with E-state index < -0.39 is 0 Å². The van der Waals surface area contributed by atoms with E-state index in [4.69, 9.17) is 0 Å². The SMILES string of the molecule is CN(C(=O)c1cnc(-c2ccccc2F)s1)C1CCCCCC1. The minimum atomic E-state index is -0.307. The molecule has 1 aromatic heterocycles. The van der Waals surface area contributed by atoms with Gasteiger partial charge >= 0.3 is 0 Å². The first-order valence-corrected chi connectivity index (χ1v) is 8.96. The number of thiazole rings is 1. The monoisotopic (exact) mass is 332 g/mol. The Morgan fingerprint density at radius 1 is 1.22 bits per heavy atom. The molecular weight excluding hydrogens is 311 g/mol. The van der Waals surface area contributed by atoms with Gasteiger partial charge in [-0.2, -0.15) is 0 Å². The molecule has 0 unspecified atom stereocenters. The Hall–Kier alpha value is -1.75. The Morgan fingerprint density at radius 3 is 2.61 bits per heavy atom. The number of carbonyl (C=O) groups is 1. The number of carbonyl (C=O) groups excluding carboxylic acids is 1. The van der Waals surface area contributed by atoms with Gasteiger partial charge in [-0.1, -0.05) is 37.8 Å². The predicted octanol–water partition coefficient (Wildman–Crippen LogP) is 4.74. The minimum Gasteiger partial charge on any atom is -0.338 e. The molecule has 23 heavy (non-hydrogen) atoms. The maximum absolute atomic E-state index is 13.9. The van der Waals surface area contributed by atoms with Crippen LogP contribution in [-0.4, -0.2) is 28.9 Å². The lowest BCUT2D eigenvalue weighted by Crippen LogP contribution is -2.36. The van der Waals surface area contributed by atoms with E-state index in [1.807, 2.05) is 11.9 Å². The van der Waals surface area contributed by atoms with Gasteiger partial charge in [-0.15, -0.1) is 11.3 Å². The lowest BCUT2D eigenvalue weighted by Gasteiger charge is -2.26. The highest BCUT2D eigenvalue weighted by molar-refractivity contribution is 7.16. The molecule has 1 aliphatic carbocycles. The van der Waals surface area contributed by atoms with Gasteiger partial charge in [-0.25, -0.2) is 9.37 Å². The fourth-order valence-electron chi connectivity index (χ4n) is 3.12. The van der Waals surface area contributed by atoms with Gasteiger partial charge in [-0.05, 0) is 25.0 Å². The summed E-state index contributed by atoms with van der Waals surface area (Å²) in [5.74, 6) is -0.310. The van der Waals surface area contributed by atoms with E-state index in [2.05, 4.69) is 4.98 Å². The average molecular weight is 332 g/mol. The number of rotatable bonds is 3. The van der Waals surface area contributed by atoms with E-state index in [1.54, 1.807) is 24.4 Å². The number of benzene rings is 1. The highest BCUT2D eigenvalue weighted by Crippen LogP contribution is 2.29. The van der Waals surface area contributed by atoms with Crippen LogP contribution in [0.4, 0.5) is 4.39 Å². The molecule has 1 heterocycles. The van der Waals surface area contributed by atoms with Crippen molar-refractivity contribution < 1.29 is 9.18 Å². The first-order valence-electron chi connectivity index (χ1n) is 8.14. The summed E-state index contributed by atoms with van der Waals surface area (Å²) in [6.07, 6.45) is 8.61. The number of amides is 1. The minimum absolute atomic E-state index is 0.00279. The smallest absolute Gasteiger partial charge is 0.265 e. The molecule has 3 rings (SSSR count). The second-order valence-electron chi connectivity index (χ2n) is 6.07. The largest absolute Gasteiger partial charge is 0.338 e. The zero-order chi connectivity index (χ0) is 16.2. The average Bonchev–Trinajstić information content (AvgIpc) is 2.89. The van der Waals surface area contributed by atoms with Gasteiger partial charge in [0.2, 0.25) is 0 Å². The Bertz CT molecular complexity index is 677. The molecule has 1 amide bonds. The second-order valence-corrected chi connectivity index (χ2v) is 7.10. The lowest BCUT2D eigenvalue weighted by molar-refractivity contribution is 0.0722. The molecule has 0 bridgehead atoms. The van der Waals surface area contributed by atoms with E-state index in [-0.39, 0.29) is 11.7 Å². The van der Waals surface area contributed by atoms with Crippen LogP contribution in [0.3, 0.4) is 0 Å². The van der Waals surface area contributed by atoms with Gasteiger partial charge in [0.1, 0.15) is 15.7 Å². The number of halogens is 1. The Labute approximate surface area is 140 Å². The molecule has 0 atom stereocenters. The topological polar surface area (TPSA) is 33.2 Å². The van der Waals surface area contributed by atoms with Crippen LogP contribution in [0.1, 0.15) is 48.2 Å².